The van der Waals surface area contributed by atoms with Crippen LogP contribution in [0.5, 0.6) is 11.5 Å². The summed E-state index contributed by atoms with van der Waals surface area (Å²) < 4.78 is 22.9. The van der Waals surface area contributed by atoms with Crippen LogP contribution >= 0.6 is 11.3 Å². The van der Waals surface area contributed by atoms with Crippen molar-refractivity contribution in [1.29, 1.82) is 0 Å². The van der Waals surface area contributed by atoms with Gasteiger partial charge in [0.25, 0.3) is 0 Å². The number of fused-ring (bicyclic) bond motifs is 3. The molecule has 2 heterocycles. The number of nitrogens with zero attached hydrogens (tertiary/aromatic N) is 1. The van der Waals surface area contributed by atoms with Gasteiger partial charge in [0.05, 0.1) is 55.7 Å². The number of carbonyl (C=O) groups is 2. The molecule has 2 N–H and O–H groups in total. The number of hydrogen-bond donors (Lipinski definition) is 1. The van der Waals surface area contributed by atoms with Crippen molar-refractivity contribution in [1.82, 2.24) is 0 Å². The maximum atomic E-state index is 12.1. The van der Waals surface area contributed by atoms with E-state index in [4.69, 9.17) is 24.7 Å². The molecular formula is C18H19BrN2O6S. The number of hydrogen-bond acceptors (Lipinski definition) is 8. The molecule has 3 rings (SSSR count). The average molecular weight is 471 g/mol. The number of halogens is 1. The summed E-state index contributed by atoms with van der Waals surface area (Å²) in [7, 11) is 5.69. The number of pyridine rings is 1. The van der Waals surface area contributed by atoms with Crippen molar-refractivity contribution in [2.75, 3.05) is 34.2 Å². The first-order chi connectivity index (χ1) is 12.9. The monoisotopic (exact) mass is 470 g/mol. The topological polar surface area (TPSA) is 101 Å². The van der Waals surface area contributed by atoms with Crippen molar-refractivity contribution >= 4 is 50.0 Å². The summed E-state index contributed by atoms with van der Waals surface area (Å²) in [5.74, 6) is 0.105. The van der Waals surface area contributed by atoms with E-state index in [2.05, 4.69) is 0 Å². The number of anilines is 1. The van der Waals surface area contributed by atoms with Crippen LogP contribution in [-0.2, 0) is 20.8 Å². The van der Waals surface area contributed by atoms with Gasteiger partial charge in [-0.2, -0.15) is 4.57 Å². The standard InChI is InChI=1S/C18H18N2O6S.BrH/c1-23-12-5-9-11(6-13(12)24-2)20(8-14(21)25-3)7-10-15(19)17(18(22)26-4)27-16(9)10;/h5-7H,8H2,1-4H3,(H-,19,22);1H. The normalized spacial score (nSPS) is 10.4. The highest BCUT2D eigenvalue weighted by Gasteiger charge is 2.26. The number of thiophene rings is 1. The number of aromatic nitrogens is 1. The second-order valence-corrected chi connectivity index (χ2v) is 6.66. The number of rotatable bonds is 5. The van der Waals surface area contributed by atoms with Crippen LogP contribution in [-0.4, -0.2) is 40.4 Å². The number of nitrogen functional groups attached to an aromatic ring is 1. The maximum Gasteiger partial charge on any atom is 0.372 e. The average Bonchev–Trinajstić information content (AvgIpc) is 3.02. The molecule has 0 radical (unpaired) electrons. The molecular weight excluding hydrogens is 452 g/mol. The second kappa shape index (κ2) is 8.61. The fourth-order valence-electron chi connectivity index (χ4n) is 2.88. The molecule has 10 heteroatoms. The van der Waals surface area contributed by atoms with Crippen molar-refractivity contribution < 1.29 is 50.1 Å². The van der Waals surface area contributed by atoms with E-state index < -0.39 is 11.9 Å². The molecule has 0 fully saturated rings. The van der Waals surface area contributed by atoms with Crippen molar-refractivity contribution in [2.24, 2.45) is 0 Å². The summed E-state index contributed by atoms with van der Waals surface area (Å²) in [5, 5.41) is 1.41. The Bertz CT molecular complexity index is 1070. The number of carbonyl (C=O) groups excluding carboxylic acids is 2. The van der Waals surface area contributed by atoms with E-state index in [0.29, 0.717) is 33.0 Å². The molecule has 28 heavy (non-hydrogen) atoms. The lowest BCUT2D eigenvalue weighted by Crippen LogP contribution is -3.00. The van der Waals surface area contributed by atoms with E-state index in [-0.39, 0.29) is 23.5 Å². The minimum Gasteiger partial charge on any atom is -1.00 e. The Morgan fingerprint density at radius 1 is 1.04 bits per heavy atom. The molecule has 150 valence electrons. The Morgan fingerprint density at radius 2 is 1.68 bits per heavy atom. The zero-order chi connectivity index (χ0) is 19.7. The molecule has 0 spiro atoms. The van der Waals surface area contributed by atoms with E-state index in [9.17, 15) is 9.59 Å². The Morgan fingerprint density at radius 3 is 2.25 bits per heavy atom. The van der Waals surface area contributed by atoms with Crippen LogP contribution in [0.25, 0.3) is 21.0 Å². The summed E-state index contributed by atoms with van der Waals surface area (Å²) in [6.45, 7) is -0.0265. The largest absolute Gasteiger partial charge is 1.00 e. The van der Waals surface area contributed by atoms with Crippen LogP contribution < -0.4 is 36.8 Å². The second-order valence-electron chi connectivity index (χ2n) is 5.64. The van der Waals surface area contributed by atoms with Gasteiger partial charge in [-0.1, -0.05) is 0 Å². The van der Waals surface area contributed by atoms with Gasteiger partial charge in [0.2, 0.25) is 12.1 Å². The summed E-state index contributed by atoms with van der Waals surface area (Å²) in [6, 6.07) is 3.56. The number of nitrogens with two attached hydrogens (primary N) is 1. The van der Waals surface area contributed by atoms with Gasteiger partial charge in [-0.25, -0.2) is 9.59 Å². The molecule has 1 aromatic carbocycles. The maximum absolute atomic E-state index is 12.1. The summed E-state index contributed by atoms with van der Waals surface area (Å²) in [4.78, 5) is 24.2. The van der Waals surface area contributed by atoms with E-state index in [1.165, 1.54) is 39.8 Å². The zero-order valence-electron chi connectivity index (χ0n) is 15.7. The Labute approximate surface area is 175 Å². The van der Waals surface area contributed by atoms with E-state index in [1.54, 1.807) is 22.9 Å². The molecule has 0 saturated carbocycles. The van der Waals surface area contributed by atoms with Gasteiger partial charge in [-0.05, 0) is 6.07 Å². The first kappa shape index (κ1) is 21.7. The predicted molar refractivity (Wildman–Crippen MR) is 100 cm³/mol. The molecule has 0 saturated heterocycles. The highest BCUT2D eigenvalue weighted by molar-refractivity contribution is 7.22. The lowest BCUT2D eigenvalue weighted by molar-refractivity contribution is -0.658. The molecule has 0 aliphatic rings. The third-order valence-electron chi connectivity index (χ3n) is 4.22. The van der Waals surface area contributed by atoms with Gasteiger partial charge in [-0.15, -0.1) is 11.3 Å². The minimum atomic E-state index is -0.512. The quantitative estimate of drug-likeness (QED) is 0.373. The molecule has 0 aliphatic carbocycles. The Balaban J connectivity index is 0.00000280. The molecule has 0 unspecified atom stereocenters. The fourth-order valence-corrected chi connectivity index (χ4v) is 4.01. The molecule has 0 amide bonds. The summed E-state index contributed by atoms with van der Waals surface area (Å²) in [5.41, 5.74) is 7.20. The highest BCUT2D eigenvalue weighted by Crippen LogP contribution is 2.40. The van der Waals surface area contributed by atoms with Gasteiger partial charge in [0.15, 0.2) is 17.7 Å². The number of esters is 2. The van der Waals surface area contributed by atoms with E-state index in [1.807, 2.05) is 0 Å². The number of benzene rings is 1. The molecule has 0 aliphatic heterocycles. The minimum absolute atomic E-state index is 0. The Kier molecular flexibility index (Phi) is 6.68. The van der Waals surface area contributed by atoms with Crippen molar-refractivity contribution in [3.05, 3.63) is 23.2 Å². The number of ether oxygens (including phenoxy) is 4. The fraction of sp³-hybridized carbons (Fsp3) is 0.278. The van der Waals surface area contributed by atoms with Crippen LogP contribution in [0, 0.1) is 0 Å². The molecule has 8 nitrogen and oxygen atoms in total. The molecule has 2 aromatic heterocycles. The van der Waals surface area contributed by atoms with Gasteiger partial charge in [0.1, 0.15) is 4.88 Å². The van der Waals surface area contributed by atoms with Gasteiger partial charge < -0.3 is 41.7 Å². The molecule has 0 bridgehead atoms. The smallest absolute Gasteiger partial charge is 0.372 e. The first-order valence-electron chi connectivity index (χ1n) is 7.90. The number of methoxy groups -OCH3 is 4. The molecule has 0 atom stereocenters. The van der Waals surface area contributed by atoms with Crippen molar-refractivity contribution in [3.63, 3.8) is 0 Å². The molecule has 3 aromatic rings. The van der Waals surface area contributed by atoms with E-state index >= 15 is 0 Å². The van der Waals surface area contributed by atoms with Crippen molar-refractivity contribution in [2.45, 2.75) is 6.54 Å². The van der Waals surface area contributed by atoms with Crippen molar-refractivity contribution in [3.8, 4) is 11.5 Å². The highest BCUT2D eigenvalue weighted by atomic mass is 79.9. The van der Waals surface area contributed by atoms with Crippen LogP contribution in [0.15, 0.2) is 18.3 Å². The Hall–Kier alpha value is -2.59. The SMILES string of the molecule is COC(=O)C[n+]1cc2c(N)c(C(=O)OC)sc2c2cc(OC)c(OC)cc21.[Br-]. The lowest BCUT2D eigenvalue weighted by atomic mass is 10.1. The summed E-state index contributed by atoms with van der Waals surface area (Å²) in [6.07, 6.45) is 1.72. The first-order valence-corrected chi connectivity index (χ1v) is 8.72. The van der Waals surface area contributed by atoms with Crippen LogP contribution in [0.1, 0.15) is 9.67 Å². The lowest BCUT2D eigenvalue weighted by Gasteiger charge is -2.09. The van der Waals surface area contributed by atoms with Crippen LogP contribution in [0.2, 0.25) is 0 Å². The van der Waals surface area contributed by atoms with Crippen LogP contribution in [0.3, 0.4) is 0 Å². The third kappa shape index (κ3) is 3.57. The summed E-state index contributed by atoms with van der Waals surface area (Å²) >= 11 is 1.23. The van der Waals surface area contributed by atoms with Gasteiger partial charge in [0, 0.05) is 0 Å². The predicted octanol–water partition coefficient (Wildman–Crippen LogP) is -1.09. The van der Waals surface area contributed by atoms with Crippen LogP contribution in [0.4, 0.5) is 5.69 Å². The third-order valence-corrected chi connectivity index (χ3v) is 5.46. The van der Waals surface area contributed by atoms with Gasteiger partial charge >= 0.3 is 11.9 Å². The van der Waals surface area contributed by atoms with Gasteiger partial charge in [-0.3, -0.25) is 0 Å². The van der Waals surface area contributed by atoms with E-state index in [0.717, 1.165) is 10.1 Å². The zero-order valence-corrected chi connectivity index (χ0v) is 18.1.